The Morgan fingerprint density at radius 1 is 1.21 bits per heavy atom. The number of rotatable bonds is 3. The molecule has 1 atom stereocenters. The Labute approximate surface area is 139 Å². The van der Waals surface area contributed by atoms with E-state index in [0.29, 0.717) is 16.3 Å². The van der Waals surface area contributed by atoms with Crippen molar-refractivity contribution in [3.8, 4) is 16.9 Å². The van der Waals surface area contributed by atoms with Crippen LogP contribution in [0.2, 0.25) is 0 Å². The molecule has 3 heterocycles. The second-order valence-electron chi connectivity index (χ2n) is 5.12. The van der Waals surface area contributed by atoms with Crippen LogP contribution in [0, 0.1) is 0 Å². The Morgan fingerprint density at radius 2 is 2.00 bits per heavy atom. The number of carbonyl (C=O) groups excluding carboxylic acids is 1. The third kappa shape index (κ3) is 2.28. The number of amides is 1. The highest BCUT2D eigenvalue weighted by atomic mass is 32.2. The number of nitrogens with one attached hydrogen (secondary N) is 1. The molecule has 0 bridgehead atoms. The van der Waals surface area contributed by atoms with Gasteiger partial charge in [-0.25, -0.2) is 8.89 Å². The summed E-state index contributed by atoms with van der Waals surface area (Å²) in [6.45, 7) is 0. The van der Waals surface area contributed by atoms with E-state index in [2.05, 4.69) is 14.8 Å². The van der Waals surface area contributed by atoms with Crippen LogP contribution in [0.4, 0.5) is 0 Å². The number of hydrogen-bond acceptors (Lipinski definition) is 5. The third-order valence-electron chi connectivity index (χ3n) is 3.73. The Bertz CT molecular complexity index is 1010. The van der Waals surface area contributed by atoms with Crippen molar-refractivity contribution in [1.29, 1.82) is 0 Å². The van der Waals surface area contributed by atoms with E-state index in [0.717, 1.165) is 16.5 Å². The van der Waals surface area contributed by atoms with Gasteiger partial charge in [0.05, 0.1) is 24.2 Å². The maximum atomic E-state index is 12.0. The van der Waals surface area contributed by atoms with Gasteiger partial charge in [0.1, 0.15) is 5.75 Å². The van der Waals surface area contributed by atoms with Crippen LogP contribution in [-0.2, 0) is 15.8 Å². The number of carbonyl (C=O) groups is 1. The number of fused-ring (bicyclic) bond motifs is 1. The summed E-state index contributed by atoms with van der Waals surface area (Å²) in [6.07, 6.45) is 6.33. The molecule has 2 aromatic heterocycles. The highest BCUT2D eigenvalue weighted by Gasteiger charge is 2.24. The highest BCUT2D eigenvalue weighted by molar-refractivity contribution is 7.93. The summed E-state index contributed by atoms with van der Waals surface area (Å²) in [5.41, 5.74) is 2.58. The van der Waals surface area contributed by atoms with Crippen LogP contribution >= 0.6 is 0 Å². The van der Waals surface area contributed by atoms with Gasteiger partial charge in [-0.1, -0.05) is 0 Å². The lowest BCUT2D eigenvalue weighted by Gasteiger charge is -2.09. The average molecular weight is 340 g/mol. The molecule has 0 spiro atoms. The van der Waals surface area contributed by atoms with Gasteiger partial charge in [-0.05, 0) is 35.4 Å². The summed E-state index contributed by atoms with van der Waals surface area (Å²) in [5.74, 6) is 0.249. The van der Waals surface area contributed by atoms with E-state index in [-0.39, 0.29) is 0 Å². The summed E-state index contributed by atoms with van der Waals surface area (Å²) in [4.78, 5) is 15.5. The van der Waals surface area contributed by atoms with Gasteiger partial charge in [0.2, 0.25) is 0 Å². The lowest BCUT2D eigenvalue weighted by Crippen LogP contribution is -2.17. The molecule has 1 amide bonds. The highest BCUT2D eigenvalue weighted by Crippen LogP contribution is 2.33. The molecule has 1 N–H and O–H groups in total. The van der Waals surface area contributed by atoms with Gasteiger partial charge in [-0.2, -0.15) is 5.10 Å². The molecule has 8 heteroatoms. The van der Waals surface area contributed by atoms with Crippen molar-refractivity contribution in [2.75, 3.05) is 7.11 Å². The molecule has 0 fully saturated rings. The molecule has 0 saturated heterocycles. The molecule has 0 aliphatic carbocycles. The summed E-state index contributed by atoms with van der Waals surface area (Å²) in [6, 6.07) is 7.60. The summed E-state index contributed by atoms with van der Waals surface area (Å²) >= 11 is 0. The summed E-state index contributed by atoms with van der Waals surface area (Å²) < 4.78 is 21.3. The van der Waals surface area contributed by atoms with E-state index in [1.165, 1.54) is 10.8 Å². The number of pyridine rings is 1. The van der Waals surface area contributed by atoms with Crippen LogP contribution in [0.1, 0.15) is 0 Å². The van der Waals surface area contributed by atoms with Gasteiger partial charge in [-0.15, -0.1) is 0 Å². The lowest BCUT2D eigenvalue weighted by atomic mass is 10.0. The number of ether oxygens (including phenoxy) is 1. The minimum absolute atomic E-state index is 0.295. The molecule has 1 aromatic carbocycles. The first-order valence-electron chi connectivity index (χ1n) is 7.08. The van der Waals surface area contributed by atoms with Gasteiger partial charge >= 0.3 is 0 Å². The maximum Gasteiger partial charge on any atom is 0.258 e. The lowest BCUT2D eigenvalue weighted by molar-refractivity contribution is -0.114. The van der Waals surface area contributed by atoms with Gasteiger partial charge in [0.15, 0.2) is 16.0 Å². The van der Waals surface area contributed by atoms with E-state index in [1.807, 2.05) is 24.3 Å². The molecule has 3 aromatic rings. The molecular weight excluding hydrogens is 328 g/mol. The normalized spacial score (nSPS) is 17.0. The molecule has 24 heavy (non-hydrogen) atoms. The van der Waals surface area contributed by atoms with E-state index in [4.69, 9.17) is 4.74 Å². The summed E-state index contributed by atoms with van der Waals surface area (Å²) in [5, 5.41) is 5.34. The van der Waals surface area contributed by atoms with Crippen molar-refractivity contribution in [2.24, 2.45) is 0 Å². The van der Waals surface area contributed by atoms with Crippen molar-refractivity contribution in [3.05, 3.63) is 48.9 Å². The fraction of sp³-hybridized carbons (Fsp3) is 0.0625. The number of hydrogen-bond donors (Lipinski definition) is 1. The number of benzene rings is 1. The first kappa shape index (κ1) is 14.6. The molecule has 7 nitrogen and oxygen atoms in total. The molecule has 1 aliphatic rings. The fourth-order valence-corrected chi connectivity index (χ4v) is 3.49. The minimum atomic E-state index is -1.62. The fourth-order valence-electron chi connectivity index (χ4n) is 2.63. The predicted octanol–water partition coefficient (Wildman–Crippen LogP) is 1.70. The van der Waals surface area contributed by atoms with E-state index in [9.17, 15) is 9.00 Å². The first-order valence-corrected chi connectivity index (χ1v) is 8.23. The second kappa shape index (κ2) is 5.57. The molecular formula is C16H12N4O3S. The van der Waals surface area contributed by atoms with Crippen molar-refractivity contribution < 1.29 is 13.7 Å². The zero-order valence-corrected chi connectivity index (χ0v) is 13.4. The molecule has 4 rings (SSSR count). The standard InChI is InChI=1S/C16H12N4O3S/c1-23-14-7-11(10-2-4-17-5-3-10)6-13-12(14)9-18-20(13)16-8-15(21)19-24(16)22/h2-9H,1H3,(H,19,21). The number of aromatic nitrogens is 3. The van der Waals surface area contributed by atoms with E-state index >= 15 is 0 Å². The zero-order valence-electron chi connectivity index (χ0n) is 12.6. The Balaban J connectivity index is 1.96. The van der Waals surface area contributed by atoms with E-state index < -0.39 is 16.9 Å². The van der Waals surface area contributed by atoms with Gasteiger partial charge < -0.3 is 4.74 Å². The van der Waals surface area contributed by atoms with Gasteiger partial charge in [0, 0.05) is 18.5 Å². The largest absolute Gasteiger partial charge is 0.496 e. The average Bonchev–Trinajstić information content (AvgIpc) is 3.17. The Kier molecular flexibility index (Phi) is 3.39. The van der Waals surface area contributed by atoms with Crippen molar-refractivity contribution in [1.82, 2.24) is 19.5 Å². The van der Waals surface area contributed by atoms with Crippen LogP contribution in [0.25, 0.3) is 27.1 Å². The van der Waals surface area contributed by atoms with Gasteiger partial charge in [-0.3, -0.25) is 14.5 Å². The SMILES string of the molecule is COc1cc(-c2ccncc2)cc2c1cnn2C1=CC(=O)NS1=O. The van der Waals surface area contributed by atoms with Gasteiger partial charge in [0.25, 0.3) is 5.91 Å². The van der Waals surface area contributed by atoms with Crippen LogP contribution in [0.15, 0.2) is 48.9 Å². The van der Waals surface area contributed by atoms with Crippen molar-refractivity contribution in [2.45, 2.75) is 0 Å². The predicted molar refractivity (Wildman–Crippen MR) is 90.1 cm³/mol. The summed E-state index contributed by atoms with van der Waals surface area (Å²) in [7, 11) is -0.0407. The molecule has 1 aliphatic heterocycles. The molecule has 120 valence electrons. The second-order valence-corrected chi connectivity index (χ2v) is 6.28. The van der Waals surface area contributed by atoms with Crippen LogP contribution < -0.4 is 9.46 Å². The van der Waals surface area contributed by atoms with Crippen molar-refractivity contribution >= 4 is 32.8 Å². The maximum absolute atomic E-state index is 12.0. The van der Waals surface area contributed by atoms with Crippen LogP contribution in [-0.4, -0.2) is 32.0 Å². The third-order valence-corrected chi connectivity index (χ3v) is 4.79. The Morgan fingerprint density at radius 3 is 2.67 bits per heavy atom. The van der Waals surface area contributed by atoms with E-state index in [1.54, 1.807) is 25.7 Å². The first-order chi connectivity index (χ1) is 11.7. The quantitative estimate of drug-likeness (QED) is 0.784. The van der Waals surface area contributed by atoms with Crippen LogP contribution in [0.5, 0.6) is 5.75 Å². The van der Waals surface area contributed by atoms with Crippen molar-refractivity contribution in [3.63, 3.8) is 0 Å². The van der Waals surface area contributed by atoms with Crippen LogP contribution in [0.3, 0.4) is 0 Å². The number of methoxy groups -OCH3 is 1. The zero-order chi connectivity index (χ0) is 16.7. The molecule has 1 unspecified atom stereocenters. The monoisotopic (exact) mass is 340 g/mol. The Hall–Kier alpha value is -3.00. The minimum Gasteiger partial charge on any atom is -0.496 e. The smallest absolute Gasteiger partial charge is 0.258 e. The number of nitrogens with zero attached hydrogens (tertiary/aromatic N) is 3. The molecule has 0 radical (unpaired) electrons. The molecule has 0 saturated carbocycles. The topological polar surface area (TPSA) is 86.1 Å².